The molecule has 0 aliphatic rings. The molecule has 0 atom stereocenters. The van der Waals surface area contributed by atoms with E-state index in [0.717, 1.165) is 49.3 Å². The fourth-order valence-corrected chi connectivity index (χ4v) is 3.71. The topological polar surface area (TPSA) is 50.5 Å². The maximum absolute atomic E-state index is 4.93. The Morgan fingerprint density at radius 3 is 2.22 bits per heavy atom. The van der Waals surface area contributed by atoms with E-state index in [1.165, 1.54) is 0 Å². The van der Waals surface area contributed by atoms with E-state index in [9.17, 15) is 0 Å². The first-order valence-electron chi connectivity index (χ1n) is 8.81. The van der Waals surface area contributed by atoms with E-state index in [2.05, 4.69) is 41.0 Å². The summed E-state index contributed by atoms with van der Waals surface area (Å²) < 4.78 is 0. The Morgan fingerprint density at radius 2 is 1.48 bits per heavy atom. The molecule has 5 rings (SSSR count). The lowest BCUT2D eigenvalue weighted by atomic mass is 9.98. The van der Waals surface area contributed by atoms with Crippen LogP contribution in [0.1, 0.15) is 6.92 Å². The van der Waals surface area contributed by atoms with Crippen molar-refractivity contribution in [2.45, 2.75) is 6.92 Å². The number of rotatable bonds is 2. The average Bonchev–Trinajstić information content (AvgIpc) is 2.72. The minimum atomic E-state index is 0.713. The number of hydrogen-bond donors (Lipinski definition) is 0. The molecule has 0 saturated carbocycles. The molecule has 0 amide bonds. The van der Waals surface area contributed by atoms with Crippen LogP contribution in [0, 0.1) is 0 Å². The number of aliphatic imine (C=N–C) groups is 2. The molecule has 0 fully saturated rings. The molecule has 128 valence electrons. The van der Waals surface area contributed by atoms with Crippen molar-refractivity contribution in [1.29, 1.82) is 0 Å². The summed E-state index contributed by atoms with van der Waals surface area (Å²) in [5.41, 5.74) is 4.75. The van der Waals surface area contributed by atoms with E-state index in [1.807, 2.05) is 43.3 Å². The molecule has 4 nitrogen and oxygen atoms in total. The summed E-state index contributed by atoms with van der Waals surface area (Å²) in [6, 6.07) is 20.4. The molecule has 0 saturated heterocycles. The van der Waals surface area contributed by atoms with Crippen LogP contribution in [0.25, 0.3) is 43.6 Å². The van der Waals surface area contributed by atoms with Gasteiger partial charge in [0.15, 0.2) is 0 Å². The van der Waals surface area contributed by atoms with Crippen LogP contribution in [-0.2, 0) is 0 Å². The fourth-order valence-electron chi connectivity index (χ4n) is 3.71. The molecule has 0 unspecified atom stereocenters. The highest BCUT2D eigenvalue weighted by Gasteiger charge is 2.18. The number of nitrogens with zero attached hydrogens (tertiary/aromatic N) is 4. The number of benzene rings is 4. The van der Waals surface area contributed by atoms with Crippen LogP contribution < -0.4 is 0 Å². The van der Waals surface area contributed by atoms with Gasteiger partial charge in [-0.1, -0.05) is 48.5 Å². The number of aromatic nitrogens is 2. The molecule has 4 aromatic carbocycles. The zero-order chi connectivity index (χ0) is 18.4. The van der Waals surface area contributed by atoms with Crippen LogP contribution in [-0.4, -0.2) is 22.9 Å². The molecule has 0 spiro atoms. The lowest BCUT2D eigenvalue weighted by Crippen LogP contribution is -1.91. The van der Waals surface area contributed by atoms with Gasteiger partial charge in [0.05, 0.1) is 22.2 Å². The van der Waals surface area contributed by atoms with Crippen LogP contribution in [0.3, 0.4) is 0 Å². The highest BCUT2D eigenvalue weighted by Crippen LogP contribution is 2.45. The largest absolute Gasteiger partial charge is 0.262 e. The summed E-state index contributed by atoms with van der Waals surface area (Å²) in [5, 5.41) is 4.29. The Labute approximate surface area is 155 Å². The summed E-state index contributed by atoms with van der Waals surface area (Å²) in [5.74, 6) is 0. The van der Waals surface area contributed by atoms with Gasteiger partial charge in [-0.05, 0) is 36.5 Å². The van der Waals surface area contributed by atoms with Gasteiger partial charge in [0.25, 0.3) is 0 Å². The molecule has 0 N–H and O–H groups in total. The van der Waals surface area contributed by atoms with E-state index in [-0.39, 0.29) is 0 Å². The molecule has 0 radical (unpaired) electrons. The van der Waals surface area contributed by atoms with Crippen molar-refractivity contribution in [1.82, 2.24) is 9.97 Å². The summed E-state index contributed by atoms with van der Waals surface area (Å²) in [7, 11) is 0. The van der Waals surface area contributed by atoms with Gasteiger partial charge >= 0.3 is 0 Å². The van der Waals surface area contributed by atoms with E-state index in [1.54, 1.807) is 6.21 Å². The third-order valence-corrected chi connectivity index (χ3v) is 4.86. The minimum Gasteiger partial charge on any atom is -0.262 e. The Balaban J connectivity index is 2.14. The van der Waals surface area contributed by atoms with Gasteiger partial charge in [-0.2, -0.15) is 0 Å². The standard InChI is InChI=1S/C23H16N4/c1-3-25-22-21(24-2)19-15-9-5-4-8-14(15)12-13-16(19)20-23(22)27-18-11-7-6-10-17(18)26-20/h3-13H,2H2,1H3. The van der Waals surface area contributed by atoms with E-state index < -0.39 is 0 Å². The molecule has 0 aliphatic carbocycles. The van der Waals surface area contributed by atoms with E-state index >= 15 is 0 Å². The van der Waals surface area contributed by atoms with Gasteiger partial charge in [0.2, 0.25) is 0 Å². The second-order valence-corrected chi connectivity index (χ2v) is 6.36. The molecule has 5 aromatic rings. The van der Waals surface area contributed by atoms with Gasteiger partial charge in [-0.25, -0.2) is 9.97 Å². The minimum absolute atomic E-state index is 0.713. The first-order chi connectivity index (χ1) is 13.3. The maximum atomic E-state index is 4.93. The predicted molar refractivity (Wildman–Crippen MR) is 115 cm³/mol. The molecular formula is C23H16N4. The van der Waals surface area contributed by atoms with Crippen molar-refractivity contribution >= 4 is 67.9 Å². The average molecular weight is 348 g/mol. The summed E-state index contributed by atoms with van der Waals surface area (Å²) in [6.45, 7) is 5.72. The first-order valence-corrected chi connectivity index (χ1v) is 8.81. The Kier molecular flexibility index (Phi) is 3.44. The van der Waals surface area contributed by atoms with Crippen LogP contribution in [0.4, 0.5) is 11.4 Å². The molecule has 0 bridgehead atoms. The number of hydrogen-bond acceptors (Lipinski definition) is 4. The lowest BCUT2D eigenvalue weighted by Gasteiger charge is -2.13. The van der Waals surface area contributed by atoms with Crippen LogP contribution in [0.5, 0.6) is 0 Å². The second-order valence-electron chi connectivity index (χ2n) is 6.36. The van der Waals surface area contributed by atoms with Crippen molar-refractivity contribution in [2.75, 3.05) is 0 Å². The summed E-state index contributed by atoms with van der Waals surface area (Å²) >= 11 is 0. The van der Waals surface area contributed by atoms with Crippen LogP contribution >= 0.6 is 0 Å². The molecule has 1 heterocycles. The van der Waals surface area contributed by atoms with E-state index in [0.29, 0.717) is 5.69 Å². The SMILES string of the molecule is C=Nc1c(N=CC)c2nc3ccccc3nc2c2ccc3ccccc3c12. The quantitative estimate of drug-likeness (QED) is 0.218. The highest BCUT2D eigenvalue weighted by molar-refractivity contribution is 6.25. The van der Waals surface area contributed by atoms with Gasteiger partial charge in [0.1, 0.15) is 11.2 Å². The van der Waals surface area contributed by atoms with Crippen molar-refractivity contribution in [3.63, 3.8) is 0 Å². The zero-order valence-corrected chi connectivity index (χ0v) is 14.8. The van der Waals surface area contributed by atoms with Gasteiger partial charge in [0, 0.05) is 17.0 Å². The molecule has 0 aliphatic heterocycles. The van der Waals surface area contributed by atoms with E-state index in [4.69, 9.17) is 9.97 Å². The van der Waals surface area contributed by atoms with Crippen molar-refractivity contribution in [2.24, 2.45) is 9.98 Å². The monoisotopic (exact) mass is 348 g/mol. The smallest absolute Gasteiger partial charge is 0.118 e. The predicted octanol–water partition coefficient (Wildman–Crippen LogP) is 6.14. The summed E-state index contributed by atoms with van der Waals surface area (Å²) in [6.07, 6.45) is 1.76. The van der Waals surface area contributed by atoms with Crippen molar-refractivity contribution in [3.8, 4) is 0 Å². The van der Waals surface area contributed by atoms with Gasteiger partial charge < -0.3 is 0 Å². The number of para-hydroxylation sites is 2. The third-order valence-electron chi connectivity index (χ3n) is 4.86. The van der Waals surface area contributed by atoms with Crippen LogP contribution in [0.2, 0.25) is 0 Å². The Morgan fingerprint density at radius 1 is 0.778 bits per heavy atom. The van der Waals surface area contributed by atoms with Crippen LogP contribution in [0.15, 0.2) is 70.6 Å². The lowest BCUT2D eigenvalue weighted by molar-refractivity contribution is 1.39. The Hall–Kier alpha value is -3.66. The maximum Gasteiger partial charge on any atom is 0.118 e. The van der Waals surface area contributed by atoms with Crippen molar-refractivity contribution in [3.05, 3.63) is 60.7 Å². The van der Waals surface area contributed by atoms with Gasteiger partial charge in [-0.15, -0.1) is 0 Å². The molecule has 4 heteroatoms. The Bertz CT molecular complexity index is 1400. The zero-order valence-electron chi connectivity index (χ0n) is 14.8. The first kappa shape index (κ1) is 15.6. The fraction of sp³-hybridized carbons (Fsp3) is 0.0435. The molecule has 27 heavy (non-hydrogen) atoms. The number of fused-ring (bicyclic) bond motifs is 6. The summed E-state index contributed by atoms with van der Waals surface area (Å²) in [4.78, 5) is 18.8. The van der Waals surface area contributed by atoms with Gasteiger partial charge in [-0.3, -0.25) is 9.98 Å². The third kappa shape index (κ3) is 2.23. The molecule has 1 aromatic heterocycles. The van der Waals surface area contributed by atoms with Crippen molar-refractivity contribution < 1.29 is 0 Å². The molecular weight excluding hydrogens is 332 g/mol. The normalized spacial score (nSPS) is 11.9. The highest BCUT2D eigenvalue weighted by atomic mass is 14.9. The second kappa shape index (κ2) is 5.95.